The Kier molecular flexibility index (Phi) is 2.91. The fourth-order valence-corrected chi connectivity index (χ4v) is 1.58. The molecular formula is C12H11NO4. The third kappa shape index (κ3) is 2.50. The first-order chi connectivity index (χ1) is 8.06. The number of carbonyl (C=O) groups excluding carboxylic acids is 1. The van der Waals surface area contributed by atoms with E-state index in [2.05, 4.69) is 4.98 Å². The van der Waals surface area contributed by atoms with Crippen LogP contribution < -0.4 is 0 Å². The van der Waals surface area contributed by atoms with Gasteiger partial charge in [-0.25, -0.2) is 4.98 Å². The average molecular weight is 233 g/mol. The number of Topliss-reactive ketones (excluding diaryl/α,β-unsaturated/α-hetero) is 1. The molecule has 0 aliphatic rings. The highest BCUT2D eigenvalue weighted by Crippen LogP contribution is 2.17. The predicted octanol–water partition coefficient (Wildman–Crippen LogP) is 2.18. The molecule has 0 saturated carbocycles. The fraction of sp³-hybridized carbons (Fsp3) is 0.250. The maximum absolute atomic E-state index is 11.7. The monoisotopic (exact) mass is 233 g/mol. The number of oxazole rings is 1. The van der Waals surface area contributed by atoms with Crippen LogP contribution in [0.5, 0.6) is 0 Å². The summed E-state index contributed by atoms with van der Waals surface area (Å²) in [5.41, 5.74) is 1.70. The lowest BCUT2D eigenvalue weighted by atomic mass is 10.1. The number of fused-ring (bicyclic) bond motifs is 1. The molecule has 2 rings (SSSR count). The molecule has 0 radical (unpaired) electrons. The number of rotatable bonds is 4. The van der Waals surface area contributed by atoms with Gasteiger partial charge in [-0.15, -0.1) is 0 Å². The number of benzene rings is 1. The van der Waals surface area contributed by atoms with E-state index in [0.29, 0.717) is 22.6 Å². The summed E-state index contributed by atoms with van der Waals surface area (Å²) in [6, 6.07) is 4.91. The van der Waals surface area contributed by atoms with E-state index < -0.39 is 5.97 Å². The number of nitrogens with zero attached hydrogens (tertiary/aromatic N) is 1. The molecule has 1 aromatic carbocycles. The lowest BCUT2D eigenvalue weighted by Crippen LogP contribution is -2.03. The predicted molar refractivity (Wildman–Crippen MR) is 59.9 cm³/mol. The van der Waals surface area contributed by atoms with Gasteiger partial charge in [0.1, 0.15) is 5.52 Å². The topological polar surface area (TPSA) is 80.4 Å². The molecule has 1 aromatic heterocycles. The highest BCUT2D eigenvalue weighted by atomic mass is 16.4. The number of carboxylic acid groups (broad SMARTS) is 1. The molecule has 0 aliphatic heterocycles. The van der Waals surface area contributed by atoms with Gasteiger partial charge < -0.3 is 9.52 Å². The normalized spacial score (nSPS) is 10.6. The van der Waals surface area contributed by atoms with Gasteiger partial charge in [0, 0.05) is 18.9 Å². The van der Waals surface area contributed by atoms with Gasteiger partial charge in [0.05, 0.1) is 6.42 Å². The van der Waals surface area contributed by atoms with Crippen LogP contribution in [0.25, 0.3) is 11.1 Å². The van der Waals surface area contributed by atoms with Crippen LogP contribution in [0, 0.1) is 6.92 Å². The Morgan fingerprint density at radius 2 is 2.12 bits per heavy atom. The smallest absolute Gasteiger partial charge is 0.303 e. The Balaban J connectivity index is 2.23. The van der Waals surface area contributed by atoms with Crippen molar-refractivity contribution in [3.63, 3.8) is 0 Å². The van der Waals surface area contributed by atoms with Crippen molar-refractivity contribution in [3.8, 4) is 0 Å². The number of aliphatic carboxylic acids is 1. The molecule has 0 unspecified atom stereocenters. The van der Waals surface area contributed by atoms with E-state index in [0.717, 1.165) is 0 Å². The molecule has 0 amide bonds. The zero-order valence-corrected chi connectivity index (χ0v) is 9.27. The molecule has 0 saturated heterocycles. The van der Waals surface area contributed by atoms with Gasteiger partial charge in [-0.2, -0.15) is 0 Å². The maximum Gasteiger partial charge on any atom is 0.303 e. The maximum atomic E-state index is 11.7. The Labute approximate surface area is 97.1 Å². The Hall–Kier alpha value is -2.17. The Morgan fingerprint density at radius 3 is 2.82 bits per heavy atom. The van der Waals surface area contributed by atoms with Crippen molar-refractivity contribution in [1.29, 1.82) is 0 Å². The van der Waals surface area contributed by atoms with Crippen LogP contribution in [0.4, 0.5) is 0 Å². The van der Waals surface area contributed by atoms with Crippen LogP contribution >= 0.6 is 0 Å². The zero-order chi connectivity index (χ0) is 12.4. The summed E-state index contributed by atoms with van der Waals surface area (Å²) in [6.45, 7) is 1.73. The molecule has 88 valence electrons. The zero-order valence-electron chi connectivity index (χ0n) is 9.27. The van der Waals surface area contributed by atoms with E-state index in [4.69, 9.17) is 9.52 Å². The molecule has 5 heteroatoms. The third-order valence-corrected chi connectivity index (χ3v) is 2.38. The Morgan fingerprint density at radius 1 is 1.35 bits per heavy atom. The molecular weight excluding hydrogens is 222 g/mol. The SMILES string of the molecule is Cc1nc2cc(C(=O)CCC(=O)O)ccc2o1. The summed E-state index contributed by atoms with van der Waals surface area (Å²) in [6.07, 6.45) is -0.160. The first-order valence-electron chi connectivity index (χ1n) is 5.18. The summed E-state index contributed by atoms with van der Waals surface area (Å²) >= 11 is 0. The van der Waals surface area contributed by atoms with Gasteiger partial charge in [0.15, 0.2) is 17.3 Å². The molecule has 0 fully saturated rings. The number of hydrogen-bond acceptors (Lipinski definition) is 4. The van der Waals surface area contributed by atoms with Crippen molar-refractivity contribution in [2.75, 3.05) is 0 Å². The number of hydrogen-bond donors (Lipinski definition) is 1. The van der Waals surface area contributed by atoms with Crippen LogP contribution in [0.1, 0.15) is 29.1 Å². The van der Waals surface area contributed by atoms with Crippen molar-refractivity contribution >= 4 is 22.9 Å². The first kappa shape index (κ1) is 11.3. The Bertz CT molecular complexity index is 585. The largest absolute Gasteiger partial charge is 0.481 e. The van der Waals surface area contributed by atoms with E-state index in [-0.39, 0.29) is 18.6 Å². The minimum absolute atomic E-state index is 0.00231. The van der Waals surface area contributed by atoms with Gasteiger partial charge in [-0.3, -0.25) is 9.59 Å². The van der Waals surface area contributed by atoms with E-state index in [9.17, 15) is 9.59 Å². The summed E-state index contributed by atoms with van der Waals surface area (Å²) in [4.78, 5) is 26.2. The summed E-state index contributed by atoms with van der Waals surface area (Å²) in [5, 5.41) is 8.50. The van der Waals surface area contributed by atoms with Gasteiger partial charge in [0.2, 0.25) is 0 Å². The van der Waals surface area contributed by atoms with Gasteiger partial charge in [-0.05, 0) is 18.2 Å². The van der Waals surface area contributed by atoms with E-state index in [1.807, 2.05) is 0 Å². The second kappa shape index (κ2) is 4.37. The molecule has 1 heterocycles. The number of aromatic nitrogens is 1. The van der Waals surface area contributed by atoms with Crippen LogP contribution in [0.2, 0.25) is 0 Å². The first-order valence-corrected chi connectivity index (χ1v) is 5.18. The molecule has 0 bridgehead atoms. The van der Waals surface area contributed by atoms with Crippen molar-refractivity contribution in [1.82, 2.24) is 4.98 Å². The second-order valence-electron chi connectivity index (χ2n) is 3.73. The minimum atomic E-state index is -0.975. The lowest BCUT2D eigenvalue weighted by Gasteiger charge is -1.98. The minimum Gasteiger partial charge on any atom is -0.481 e. The van der Waals surface area contributed by atoms with Gasteiger partial charge in [-0.1, -0.05) is 0 Å². The standard InChI is InChI=1S/C12H11NO4/c1-7-13-9-6-8(2-4-11(9)17-7)10(14)3-5-12(15)16/h2,4,6H,3,5H2,1H3,(H,15,16). The second-order valence-corrected chi connectivity index (χ2v) is 3.73. The molecule has 1 N–H and O–H groups in total. The third-order valence-electron chi connectivity index (χ3n) is 2.38. The molecule has 0 spiro atoms. The molecule has 0 aliphatic carbocycles. The van der Waals surface area contributed by atoms with Crippen LogP contribution in [0.15, 0.2) is 22.6 Å². The van der Waals surface area contributed by atoms with E-state index in [1.54, 1.807) is 25.1 Å². The van der Waals surface area contributed by atoms with Crippen molar-refractivity contribution in [2.45, 2.75) is 19.8 Å². The molecule has 0 atom stereocenters. The number of carboxylic acids is 1. The lowest BCUT2D eigenvalue weighted by molar-refractivity contribution is -0.136. The number of aryl methyl sites for hydroxylation is 1. The van der Waals surface area contributed by atoms with Crippen LogP contribution in [-0.2, 0) is 4.79 Å². The molecule has 2 aromatic rings. The molecule has 17 heavy (non-hydrogen) atoms. The van der Waals surface area contributed by atoms with Crippen LogP contribution in [-0.4, -0.2) is 21.8 Å². The van der Waals surface area contributed by atoms with Gasteiger partial charge in [0.25, 0.3) is 0 Å². The van der Waals surface area contributed by atoms with Gasteiger partial charge >= 0.3 is 5.97 Å². The van der Waals surface area contributed by atoms with Crippen molar-refractivity contribution < 1.29 is 19.1 Å². The molecule has 5 nitrogen and oxygen atoms in total. The van der Waals surface area contributed by atoms with E-state index in [1.165, 1.54) is 0 Å². The number of carbonyl (C=O) groups is 2. The summed E-state index contributed by atoms with van der Waals surface area (Å²) in [5.74, 6) is -0.637. The van der Waals surface area contributed by atoms with Crippen molar-refractivity contribution in [2.24, 2.45) is 0 Å². The highest BCUT2D eigenvalue weighted by molar-refractivity contribution is 5.99. The fourth-order valence-electron chi connectivity index (χ4n) is 1.58. The van der Waals surface area contributed by atoms with E-state index >= 15 is 0 Å². The summed E-state index contributed by atoms with van der Waals surface area (Å²) in [7, 11) is 0. The highest BCUT2D eigenvalue weighted by Gasteiger charge is 2.10. The van der Waals surface area contributed by atoms with Crippen molar-refractivity contribution in [3.05, 3.63) is 29.7 Å². The van der Waals surface area contributed by atoms with Crippen LogP contribution in [0.3, 0.4) is 0 Å². The summed E-state index contributed by atoms with van der Waals surface area (Å²) < 4.78 is 5.28. The number of ketones is 1. The average Bonchev–Trinajstić information content (AvgIpc) is 2.64. The quantitative estimate of drug-likeness (QED) is 0.818.